The lowest BCUT2D eigenvalue weighted by Gasteiger charge is -1.99. The minimum Gasteiger partial charge on any atom is -0.381 e. The van der Waals surface area contributed by atoms with Crippen LogP contribution in [0.1, 0.15) is 0 Å². The summed E-state index contributed by atoms with van der Waals surface area (Å²) in [7, 11) is 0. The minimum atomic E-state index is -0.558. The van der Waals surface area contributed by atoms with Crippen molar-refractivity contribution in [3.63, 3.8) is 0 Å². The van der Waals surface area contributed by atoms with E-state index in [1.807, 2.05) is 0 Å². The zero-order valence-electron chi connectivity index (χ0n) is 6.42. The highest BCUT2D eigenvalue weighted by Gasteiger charge is 2.03. The molecule has 0 aliphatic carbocycles. The lowest BCUT2D eigenvalue weighted by atomic mass is 10.4. The number of halogens is 1. The van der Waals surface area contributed by atoms with Gasteiger partial charge in [0, 0.05) is 0 Å². The van der Waals surface area contributed by atoms with Gasteiger partial charge in [0.25, 0.3) is 0 Å². The summed E-state index contributed by atoms with van der Waals surface area (Å²) >= 11 is 0. The molecule has 0 bridgehead atoms. The van der Waals surface area contributed by atoms with E-state index in [4.69, 9.17) is 5.73 Å². The van der Waals surface area contributed by atoms with Crippen molar-refractivity contribution in [3.8, 4) is 5.82 Å². The summed E-state index contributed by atoms with van der Waals surface area (Å²) in [6, 6.07) is 2.64. The molecule has 0 atom stereocenters. The molecule has 0 spiro atoms. The number of nitrogens with two attached hydrogens (primary N) is 1. The third-order valence-electron chi connectivity index (χ3n) is 1.44. The standard InChI is InChI=1S/C6H5FN6/c7-4-1-2-5(10-6(4)8)13-3-9-11-12-13/h1-3H,(H2,8,10). The number of tetrazole rings is 1. The van der Waals surface area contributed by atoms with E-state index in [1.165, 1.54) is 23.1 Å². The minimum absolute atomic E-state index is 0.173. The molecule has 2 N–H and O–H groups in total. The van der Waals surface area contributed by atoms with Crippen LogP contribution in [0, 0.1) is 5.82 Å². The molecule has 2 aromatic heterocycles. The number of pyridine rings is 1. The van der Waals surface area contributed by atoms with E-state index < -0.39 is 5.82 Å². The average Bonchev–Trinajstić information content (AvgIpc) is 2.62. The first-order valence-electron chi connectivity index (χ1n) is 3.43. The maximum Gasteiger partial charge on any atom is 0.165 e. The number of nitrogens with zero attached hydrogens (tertiary/aromatic N) is 5. The predicted molar refractivity (Wildman–Crippen MR) is 41.3 cm³/mol. The number of nitrogen functional groups attached to an aromatic ring is 1. The van der Waals surface area contributed by atoms with Gasteiger partial charge >= 0.3 is 0 Å². The summed E-state index contributed by atoms with van der Waals surface area (Å²) in [4.78, 5) is 3.74. The zero-order valence-corrected chi connectivity index (χ0v) is 6.42. The van der Waals surface area contributed by atoms with Gasteiger partial charge in [-0.05, 0) is 22.6 Å². The highest BCUT2D eigenvalue weighted by atomic mass is 19.1. The van der Waals surface area contributed by atoms with Crippen molar-refractivity contribution < 1.29 is 4.39 Å². The van der Waals surface area contributed by atoms with Gasteiger partial charge in [0.05, 0.1) is 0 Å². The predicted octanol–water partition coefficient (Wildman–Crippen LogP) is -0.221. The van der Waals surface area contributed by atoms with Crippen LogP contribution in [0.3, 0.4) is 0 Å². The van der Waals surface area contributed by atoms with E-state index in [-0.39, 0.29) is 5.82 Å². The molecule has 66 valence electrons. The first-order valence-corrected chi connectivity index (χ1v) is 3.43. The van der Waals surface area contributed by atoms with Crippen molar-refractivity contribution in [1.82, 2.24) is 25.2 Å². The Morgan fingerprint density at radius 3 is 2.85 bits per heavy atom. The molecule has 6 nitrogen and oxygen atoms in total. The van der Waals surface area contributed by atoms with Gasteiger partial charge in [0.2, 0.25) is 0 Å². The van der Waals surface area contributed by atoms with Gasteiger partial charge in [-0.2, -0.15) is 4.68 Å². The van der Waals surface area contributed by atoms with E-state index >= 15 is 0 Å². The van der Waals surface area contributed by atoms with Crippen LogP contribution in [0.5, 0.6) is 0 Å². The van der Waals surface area contributed by atoms with Crippen LogP contribution in [0.15, 0.2) is 18.5 Å². The second-order valence-electron chi connectivity index (χ2n) is 2.29. The Morgan fingerprint density at radius 1 is 1.38 bits per heavy atom. The lowest BCUT2D eigenvalue weighted by molar-refractivity contribution is 0.624. The van der Waals surface area contributed by atoms with E-state index in [0.29, 0.717) is 5.82 Å². The van der Waals surface area contributed by atoms with Crippen molar-refractivity contribution in [1.29, 1.82) is 0 Å². The Morgan fingerprint density at radius 2 is 2.23 bits per heavy atom. The van der Waals surface area contributed by atoms with Gasteiger partial charge in [-0.1, -0.05) is 0 Å². The maximum atomic E-state index is 12.7. The van der Waals surface area contributed by atoms with Crippen LogP contribution >= 0.6 is 0 Å². The van der Waals surface area contributed by atoms with Gasteiger partial charge in [0.15, 0.2) is 17.5 Å². The number of rotatable bonds is 1. The molecule has 2 heterocycles. The second-order valence-corrected chi connectivity index (χ2v) is 2.29. The molecule has 0 radical (unpaired) electrons. The van der Waals surface area contributed by atoms with E-state index in [0.717, 1.165) is 0 Å². The van der Waals surface area contributed by atoms with E-state index in [9.17, 15) is 4.39 Å². The smallest absolute Gasteiger partial charge is 0.165 e. The van der Waals surface area contributed by atoms with Crippen LogP contribution in [-0.2, 0) is 0 Å². The van der Waals surface area contributed by atoms with Crippen molar-refractivity contribution in [3.05, 3.63) is 24.3 Å². The Hall–Kier alpha value is -2.05. The zero-order chi connectivity index (χ0) is 9.26. The number of hydrogen-bond donors (Lipinski definition) is 1. The number of anilines is 1. The fourth-order valence-corrected chi connectivity index (χ4v) is 0.841. The normalized spacial score (nSPS) is 10.2. The molecule has 0 aliphatic rings. The summed E-state index contributed by atoms with van der Waals surface area (Å²) in [6.45, 7) is 0. The molecular formula is C6H5FN6. The molecule has 0 fully saturated rings. The van der Waals surface area contributed by atoms with E-state index in [1.54, 1.807) is 0 Å². The second kappa shape index (κ2) is 2.77. The van der Waals surface area contributed by atoms with Crippen LogP contribution in [0.25, 0.3) is 5.82 Å². The molecule has 13 heavy (non-hydrogen) atoms. The maximum absolute atomic E-state index is 12.7. The van der Waals surface area contributed by atoms with Gasteiger partial charge in [0.1, 0.15) is 6.33 Å². The SMILES string of the molecule is Nc1nc(-n2cnnn2)ccc1F. The van der Waals surface area contributed by atoms with Gasteiger partial charge in [-0.15, -0.1) is 5.10 Å². The Balaban J connectivity index is 2.49. The summed E-state index contributed by atoms with van der Waals surface area (Å²) < 4.78 is 14.0. The fraction of sp³-hybridized carbons (Fsp3) is 0. The summed E-state index contributed by atoms with van der Waals surface area (Å²) in [5, 5.41) is 10.4. The summed E-state index contributed by atoms with van der Waals surface area (Å²) in [6.07, 6.45) is 1.35. The van der Waals surface area contributed by atoms with Crippen molar-refractivity contribution in [2.24, 2.45) is 0 Å². The van der Waals surface area contributed by atoms with Crippen molar-refractivity contribution >= 4 is 5.82 Å². The number of hydrogen-bond acceptors (Lipinski definition) is 5. The van der Waals surface area contributed by atoms with Crippen LogP contribution in [-0.4, -0.2) is 25.2 Å². The molecule has 0 aromatic carbocycles. The highest BCUT2D eigenvalue weighted by molar-refractivity contribution is 5.36. The van der Waals surface area contributed by atoms with Gasteiger partial charge < -0.3 is 5.73 Å². The van der Waals surface area contributed by atoms with Crippen LogP contribution < -0.4 is 5.73 Å². The average molecular weight is 180 g/mol. The topological polar surface area (TPSA) is 82.5 Å². The fourth-order valence-electron chi connectivity index (χ4n) is 0.841. The van der Waals surface area contributed by atoms with Crippen LogP contribution in [0.2, 0.25) is 0 Å². The Labute approximate surface area is 72.2 Å². The molecule has 7 heteroatoms. The molecule has 2 aromatic rings. The molecule has 0 aliphatic heterocycles. The Kier molecular flexibility index (Phi) is 1.62. The Bertz CT molecular complexity index is 411. The third kappa shape index (κ3) is 1.31. The monoisotopic (exact) mass is 180 g/mol. The molecule has 0 amide bonds. The van der Waals surface area contributed by atoms with Crippen LogP contribution in [0.4, 0.5) is 10.2 Å². The summed E-state index contributed by atoms with van der Waals surface area (Å²) in [5.41, 5.74) is 5.26. The lowest BCUT2D eigenvalue weighted by Crippen LogP contribution is -2.02. The molecule has 0 saturated carbocycles. The van der Waals surface area contributed by atoms with Crippen molar-refractivity contribution in [2.45, 2.75) is 0 Å². The third-order valence-corrected chi connectivity index (χ3v) is 1.44. The molecular weight excluding hydrogens is 175 g/mol. The van der Waals surface area contributed by atoms with Gasteiger partial charge in [-0.25, -0.2) is 9.37 Å². The van der Waals surface area contributed by atoms with Gasteiger partial charge in [-0.3, -0.25) is 0 Å². The number of aromatic nitrogens is 5. The highest BCUT2D eigenvalue weighted by Crippen LogP contribution is 2.08. The first kappa shape index (κ1) is 7.59. The van der Waals surface area contributed by atoms with E-state index in [2.05, 4.69) is 20.5 Å². The summed E-state index contributed by atoms with van der Waals surface area (Å²) in [5.74, 6) is -0.353. The molecule has 0 unspecified atom stereocenters. The quantitative estimate of drug-likeness (QED) is 0.655. The molecule has 0 saturated heterocycles. The largest absolute Gasteiger partial charge is 0.381 e. The van der Waals surface area contributed by atoms with Crippen molar-refractivity contribution in [2.75, 3.05) is 5.73 Å². The molecule has 2 rings (SSSR count). The first-order chi connectivity index (χ1) is 6.27.